The molecule has 0 bridgehead atoms. The second-order valence-corrected chi connectivity index (χ2v) is 2.87. The molecule has 68 valence electrons. The molecule has 0 spiro atoms. The van der Waals surface area contributed by atoms with Crippen LogP contribution in [0.25, 0.3) is 0 Å². The first kappa shape index (κ1) is 8.83. The molecule has 0 aliphatic carbocycles. The first-order valence-electron chi connectivity index (χ1n) is 4.08. The number of rotatable bonds is 0. The second kappa shape index (κ2) is 3.94. The molecule has 0 atom stereocenters. The van der Waals surface area contributed by atoms with Gasteiger partial charge in [0.1, 0.15) is 0 Å². The van der Waals surface area contributed by atoms with Crippen molar-refractivity contribution in [3.05, 3.63) is 0 Å². The van der Waals surface area contributed by atoms with E-state index in [9.17, 15) is 4.79 Å². The predicted octanol–water partition coefficient (Wildman–Crippen LogP) is -0.134. The van der Waals surface area contributed by atoms with Crippen LogP contribution in [0.1, 0.15) is 19.3 Å². The lowest BCUT2D eigenvalue weighted by molar-refractivity contribution is 0.196. The minimum atomic E-state index is -0.310. The molecule has 5 heteroatoms. The van der Waals surface area contributed by atoms with Crippen LogP contribution in [0.5, 0.6) is 0 Å². The molecular weight excluding hydrogens is 156 g/mol. The van der Waals surface area contributed by atoms with Crippen molar-refractivity contribution < 1.29 is 4.79 Å². The average molecular weight is 170 g/mol. The Kier molecular flexibility index (Phi) is 2.90. The lowest BCUT2D eigenvalue weighted by atomic mass is 10.1. The molecule has 12 heavy (non-hydrogen) atoms. The van der Waals surface area contributed by atoms with Crippen LogP contribution in [0, 0.1) is 0 Å². The van der Waals surface area contributed by atoms with Gasteiger partial charge in [0.25, 0.3) is 0 Å². The van der Waals surface area contributed by atoms with E-state index in [0.29, 0.717) is 0 Å². The average Bonchev–Trinajstić information content (AvgIpc) is 2.05. The van der Waals surface area contributed by atoms with Crippen molar-refractivity contribution in [1.29, 1.82) is 0 Å². The number of guanidine groups is 1. The number of urea groups is 1. The summed E-state index contributed by atoms with van der Waals surface area (Å²) in [6.07, 6.45) is 3.28. The number of likely N-dealkylation sites (tertiary alicyclic amines) is 1. The summed E-state index contributed by atoms with van der Waals surface area (Å²) in [5, 5.41) is 0. The number of nitrogens with two attached hydrogens (primary N) is 2. The van der Waals surface area contributed by atoms with Gasteiger partial charge in [-0.3, -0.25) is 0 Å². The molecule has 1 rings (SSSR count). The van der Waals surface area contributed by atoms with Gasteiger partial charge in [-0.15, -0.1) is 0 Å². The minimum Gasteiger partial charge on any atom is -0.370 e. The molecule has 1 aliphatic rings. The Hall–Kier alpha value is -1.26. The number of aliphatic imine (C=N–C) groups is 1. The fourth-order valence-electron chi connectivity index (χ4n) is 1.27. The highest BCUT2D eigenvalue weighted by molar-refractivity contribution is 5.90. The van der Waals surface area contributed by atoms with Gasteiger partial charge in [0.2, 0.25) is 0 Å². The number of carbonyl (C=O) groups excluding carboxylic acids is 1. The first-order valence-corrected chi connectivity index (χ1v) is 4.08. The van der Waals surface area contributed by atoms with Crippen LogP contribution in [-0.2, 0) is 0 Å². The molecular formula is C7H14N4O. The van der Waals surface area contributed by atoms with Crippen molar-refractivity contribution in [2.45, 2.75) is 19.3 Å². The van der Waals surface area contributed by atoms with Gasteiger partial charge in [0.15, 0.2) is 5.96 Å². The predicted molar refractivity (Wildman–Crippen MR) is 46.6 cm³/mol. The summed E-state index contributed by atoms with van der Waals surface area (Å²) in [5.74, 6) is -0.162. The summed E-state index contributed by atoms with van der Waals surface area (Å²) >= 11 is 0. The highest BCUT2D eigenvalue weighted by Crippen LogP contribution is 2.09. The Balaban J connectivity index is 2.45. The summed E-state index contributed by atoms with van der Waals surface area (Å²) < 4.78 is 0. The van der Waals surface area contributed by atoms with Crippen LogP contribution in [0.3, 0.4) is 0 Å². The second-order valence-electron chi connectivity index (χ2n) is 2.87. The van der Waals surface area contributed by atoms with Crippen molar-refractivity contribution >= 4 is 12.0 Å². The van der Waals surface area contributed by atoms with Gasteiger partial charge >= 0.3 is 6.03 Å². The molecule has 5 nitrogen and oxygen atoms in total. The van der Waals surface area contributed by atoms with E-state index in [4.69, 9.17) is 11.5 Å². The van der Waals surface area contributed by atoms with Crippen LogP contribution in [0.2, 0.25) is 0 Å². The normalized spacial score (nSPS) is 17.2. The van der Waals surface area contributed by atoms with Crippen molar-refractivity contribution in [2.24, 2.45) is 16.5 Å². The maximum absolute atomic E-state index is 11.2. The highest BCUT2D eigenvalue weighted by Gasteiger charge is 2.15. The molecule has 0 aromatic carbocycles. The van der Waals surface area contributed by atoms with Gasteiger partial charge in [-0.05, 0) is 19.3 Å². The highest BCUT2D eigenvalue weighted by atomic mass is 16.2. The zero-order chi connectivity index (χ0) is 8.97. The third-order valence-electron chi connectivity index (χ3n) is 1.85. The van der Waals surface area contributed by atoms with E-state index in [1.165, 1.54) is 6.42 Å². The first-order chi connectivity index (χ1) is 5.70. The Morgan fingerprint density at radius 1 is 1.17 bits per heavy atom. The van der Waals surface area contributed by atoms with Crippen LogP contribution < -0.4 is 11.5 Å². The molecule has 1 heterocycles. The van der Waals surface area contributed by atoms with Gasteiger partial charge < -0.3 is 16.4 Å². The standard InChI is InChI=1S/C7H14N4O/c8-6(9)10-7(12)11-4-2-1-3-5-11/h1-5H2,(H4,8,9,10,12). The fraction of sp³-hybridized carbons (Fsp3) is 0.714. The topological polar surface area (TPSA) is 84.7 Å². The number of piperidine rings is 1. The van der Waals surface area contributed by atoms with E-state index in [-0.39, 0.29) is 12.0 Å². The molecule has 1 saturated heterocycles. The zero-order valence-electron chi connectivity index (χ0n) is 6.99. The fourth-order valence-corrected chi connectivity index (χ4v) is 1.27. The molecule has 0 saturated carbocycles. The van der Waals surface area contributed by atoms with E-state index in [2.05, 4.69) is 4.99 Å². The summed E-state index contributed by atoms with van der Waals surface area (Å²) in [6.45, 7) is 1.55. The number of hydrogen-bond acceptors (Lipinski definition) is 1. The largest absolute Gasteiger partial charge is 0.370 e. The maximum Gasteiger partial charge on any atom is 0.346 e. The van der Waals surface area contributed by atoms with Gasteiger partial charge in [-0.1, -0.05) is 0 Å². The van der Waals surface area contributed by atoms with Crippen LogP contribution >= 0.6 is 0 Å². The number of hydrogen-bond donors (Lipinski definition) is 2. The van der Waals surface area contributed by atoms with E-state index >= 15 is 0 Å². The summed E-state index contributed by atoms with van der Waals surface area (Å²) in [7, 11) is 0. The Morgan fingerprint density at radius 3 is 2.25 bits per heavy atom. The minimum absolute atomic E-state index is 0.162. The molecule has 1 aliphatic heterocycles. The van der Waals surface area contributed by atoms with E-state index in [0.717, 1.165) is 25.9 Å². The molecule has 0 unspecified atom stereocenters. The van der Waals surface area contributed by atoms with Gasteiger partial charge in [-0.25, -0.2) is 4.79 Å². The summed E-state index contributed by atoms with van der Waals surface area (Å²) in [4.78, 5) is 16.3. The summed E-state index contributed by atoms with van der Waals surface area (Å²) in [5.41, 5.74) is 10.2. The SMILES string of the molecule is NC(N)=NC(=O)N1CCCCC1. The number of amides is 2. The van der Waals surface area contributed by atoms with E-state index in [1.807, 2.05) is 0 Å². The van der Waals surface area contributed by atoms with E-state index in [1.54, 1.807) is 4.90 Å². The zero-order valence-corrected chi connectivity index (χ0v) is 6.99. The lowest BCUT2D eigenvalue weighted by Crippen LogP contribution is -2.36. The quantitative estimate of drug-likeness (QED) is 0.392. The molecule has 0 radical (unpaired) electrons. The Labute approximate surface area is 71.4 Å². The number of carbonyl (C=O) groups is 1. The monoisotopic (exact) mass is 170 g/mol. The summed E-state index contributed by atoms with van der Waals surface area (Å²) in [6, 6.07) is -0.310. The molecule has 2 amide bonds. The maximum atomic E-state index is 11.2. The van der Waals surface area contributed by atoms with E-state index < -0.39 is 0 Å². The molecule has 0 aromatic rings. The van der Waals surface area contributed by atoms with Gasteiger partial charge in [0, 0.05) is 13.1 Å². The van der Waals surface area contributed by atoms with Crippen molar-refractivity contribution in [2.75, 3.05) is 13.1 Å². The van der Waals surface area contributed by atoms with Crippen LogP contribution in [0.15, 0.2) is 4.99 Å². The molecule has 4 N–H and O–H groups in total. The lowest BCUT2D eigenvalue weighted by Gasteiger charge is -2.24. The van der Waals surface area contributed by atoms with Crippen molar-refractivity contribution in [1.82, 2.24) is 4.90 Å². The van der Waals surface area contributed by atoms with Crippen LogP contribution in [0.4, 0.5) is 4.79 Å². The third-order valence-corrected chi connectivity index (χ3v) is 1.85. The molecule has 0 aromatic heterocycles. The van der Waals surface area contributed by atoms with Gasteiger partial charge in [-0.2, -0.15) is 4.99 Å². The Morgan fingerprint density at radius 2 is 1.75 bits per heavy atom. The third kappa shape index (κ3) is 2.41. The smallest absolute Gasteiger partial charge is 0.346 e. The number of nitrogens with zero attached hydrogens (tertiary/aromatic N) is 2. The van der Waals surface area contributed by atoms with Gasteiger partial charge in [0.05, 0.1) is 0 Å². The Bertz CT molecular complexity index is 192. The van der Waals surface area contributed by atoms with Crippen molar-refractivity contribution in [3.8, 4) is 0 Å². The van der Waals surface area contributed by atoms with Crippen LogP contribution in [-0.4, -0.2) is 30.0 Å². The van der Waals surface area contributed by atoms with Crippen molar-refractivity contribution in [3.63, 3.8) is 0 Å². The molecule has 1 fully saturated rings.